The number of hydrogen-bond acceptors (Lipinski definition) is 4. The topological polar surface area (TPSA) is 34.6 Å². The molecule has 4 nitrogen and oxygen atoms in total. The highest BCUT2D eigenvalue weighted by Gasteiger charge is 2.24. The van der Waals surface area contributed by atoms with Gasteiger partial charge in [0.15, 0.2) is 0 Å². The average molecular weight is 329 g/mol. The van der Waals surface area contributed by atoms with E-state index < -0.39 is 0 Å². The largest absolute Gasteiger partial charge is 0.379 e. The van der Waals surface area contributed by atoms with Gasteiger partial charge in [0.2, 0.25) is 0 Å². The van der Waals surface area contributed by atoms with Gasteiger partial charge >= 0.3 is 0 Å². The minimum atomic E-state index is 0.297. The number of pyridine rings is 1. The Bertz CT molecular complexity index is 414. The van der Waals surface area contributed by atoms with Gasteiger partial charge in [0.1, 0.15) is 5.82 Å². The standard InChI is InChI=1S/C14H21BrN2O2/c1-3-18-8-9-19-12-6-7-17(10-12)14-5-4-13(15)11(2)16-14/h4-5,12H,3,6-10H2,1-2H3/t12-/m0/s1. The van der Waals surface area contributed by atoms with Crippen LogP contribution < -0.4 is 4.90 Å². The van der Waals surface area contributed by atoms with Gasteiger partial charge in [-0.05, 0) is 48.3 Å². The lowest BCUT2D eigenvalue weighted by molar-refractivity contribution is 0.0169. The van der Waals surface area contributed by atoms with Crippen molar-refractivity contribution < 1.29 is 9.47 Å². The van der Waals surface area contributed by atoms with Gasteiger partial charge < -0.3 is 14.4 Å². The number of nitrogens with zero attached hydrogens (tertiary/aromatic N) is 2. The second-order valence-electron chi connectivity index (χ2n) is 4.66. The maximum atomic E-state index is 5.81. The van der Waals surface area contributed by atoms with Crippen molar-refractivity contribution in [3.05, 3.63) is 22.3 Å². The Labute approximate surface area is 123 Å². The molecule has 1 aromatic rings. The molecular weight excluding hydrogens is 308 g/mol. The maximum absolute atomic E-state index is 5.81. The summed E-state index contributed by atoms with van der Waals surface area (Å²) in [4.78, 5) is 6.88. The summed E-state index contributed by atoms with van der Waals surface area (Å²) >= 11 is 3.48. The van der Waals surface area contributed by atoms with Gasteiger partial charge in [-0.15, -0.1) is 0 Å². The number of rotatable bonds is 6. The van der Waals surface area contributed by atoms with Gasteiger partial charge in [0.05, 0.1) is 25.0 Å². The van der Waals surface area contributed by atoms with E-state index in [0.29, 0.717) is 19.3 Å². The molecule has 0 radical (unpaired) electrons. The molecule has 0 amide bonds. The van der Waals surface area contributed by atoms with Crippen LogP contribution in [0, 0.1) is 6.92 Å². The van der Waals surface area contributed by atoms with E-state index in [2.05, 4.69) is 37.9 Å². The normalized spacial score (nSPS) is 19.1. The molecule has 0 aliphatic carbocycles. The quantitative estimate of drug-likeness (QED) is 0.752. The summed E-state index contributed by atoms with van der Waals surface area (Å²) < 4.78 is 12.1. The summed E-state index contributed by atoms with van der Waals surface area (Å²) in [6.07, 6.45) is 1.36. The molecule has 0 N–H and O–H groups in total. The molecule has 2 rings (SSSR count). The fourth-order valence-corrected chi connectivity index (χ4v) is 2.42. The molecule has 1 atom stereocenters. The van der Waals surface area contributed by atoms with Gasteiger partial charge in [0.25, 0.3) is 0 Å². The van der Waals surface area contributed by atoms with E-state index in [1.807, 2.05) is 13.8 Å². The van der Waals surface area contributed by atoms with E-state index in [1.165, 1.54) is 0 Å². The maximum Gasteiger partial charge on any atom is 0.128 e. The van der Waals surface area contributed by atoms with Gasteiger partial charge in [-0.1, -0.05) is 0 Å². The van der Waals surface area contributed by atoms with Crippen molar-refractivity contribution in [3.63, 3.8) is 0 Å². The Morgan fingerprint density at radius 1 is 1.42 bits per heavy atom. The number of ether oxygens (including phenoxy) is 2. The number of aromatic nitrogens is 1. The van der Waals surface area contributed by atoms with E-state index in [0.717, 1.165) is 42.1 Å². The molecule has 1 fully saturated rings. The highest BCUT2D eigenvalue weighted by molar-refractivity contribution is 9.10. The second-order valence-corrected chi connectivity index (χ2v) is 5.52. The van der Waals surface area contributed by atoms with E-state index >= 15 is 0 Å². The van der Waals surface area contributed by atoms with Crippen LogP contribution in [0.15, 0.2) is 16.6 Å². The lowest BCUT2D eigenvalue weighted by Crippen LogP contribution is -2.24. The zero-order chi connectivity index (χ0) is 13.7. The van der Waals surface area contributed by atoms with Crippen LogP contribution >= 0.6 is 15.9 Å². The lowest BCUT2D eigenvalue weighted by Gasteiger charge is -2.18. The van der Waals surface area contributed by atoms with Crippen LogP contribution in [0.2, 0.25) is 0 Å². The van der Waals surface area contributed by atoms with Gasteiger partial charge in [-0.3, -0.25) is 0 Å². The van der Waals surface area contributed by atoms with Crippen LogP contribution in [0.5, 0.6) is 0 Å². The third-order valence-corrected chi connectivity index (χ3v) is 4.10. The average Bonchev–Trinajstić information content (AvgIpc) is 2.87. The Kier molecular flexibility index (Phi) is 5.60. The highest BCUT2D eigenvalue weighted by atomic mass is 79.9. The Morgan fingerprint density at radius 3 is 3.00 bits per heavy atom. The smallest absolute Gasteiger partial charge is 0.128 e. The first-order valence-corrected chi connectivity index (χ1v) is 7.57. The van der Waals surface area contributed by atoms with Crippen molar-refractivity contribution in [2.75, 3.05) is 37.8 Å². The molecule has 106 valence electrons. The van der Waals surface area contributed by atoms with Crippen molar-refractivity contribution in [2.45, 2.75) is 26.4 Å². The molecule has 1 aliphatic heterocycles. The van der Waals surface area contributed by atoms with Gasteiger partial charge in [-0.2, -0.15) is 0 Å². The summed E-state index contributed by atoms with van der Waals surface area (Å²) in [5, 5.41) is 0. The van der Waals surface area contributed by atoms with Crippen LogP contribution in [-0.4, -0.2) is 44.0 Å². The number of hydrogen-bond donors (Lipinski definition) is 0. The van der Waals surface area contributed by atoms with Crippen molar-refractivity contribution >= 4 is 21.7 Å². The third kappa shape index (κ3) is 4.16. The summed E-state index contributed by atoms with van der Waals surface area (Å²) in [6, 6.07) is 4.11. The predicted octanol–water partition coefficient (Wildman–Crippen LogP) is 2.78. The van der Waals surface area contributed by atoms with Crippen molar-refractivity contribution in [1.82, 2.24) is 4.98 Å². The fourth-order valence-electron chi connectivity index (χ4n) is 2.20. The Balaban J connectivity index is 1.82. The first kappa shape index (κ1) is 14.8. The molecule has 0 spiro atoms. The molecule has 19 heavy (non-hydrogen) atoms. The predicted molar refractivity (Wildman–Crippen MR) is 79.7 cm³/mol. The molecule has 1 saturated heterocycles. The fraction of sp³-hybridized carbons (Fsp3) is 0.643. The SMILES string of the molecule is CCOCCO[C@H]1CCN(c2ccc(Br)c(C)n2)C1. The van der Waals surface area contributed by atoms with Crippen molar-refractivity contribution in [2.24, 2.45) is 0 Å². The summed E-state index contributed by atoms with van der Waals surface area (Å²) in [7, 11) is 0. The van der Waals surface area contributed by atoms with E-state index in [9.17, 15) is 0 Å². The highest BCUT2D eigenvalue weighted by Crippen LogP contribution is 2.23. The van der Waals surface area contributed by atoms with Crippen molar-refractivity contribution in [3.8, 4) is 0 Å². The Morgan fingerprint density at radius 2 is 2.26 bits per heavy atom. The first-order valence-electron chi connectivity index (χ1n) is 6.78. The monoisotopic (exact) mass is 328 g/mol. The van der Waals surface area contributed by atoms with Crippen LogP contribution in [0.4, 0.5) is 5.82 Å². The van der Waals surface area contributed by atoms with Crippen LogP contribution in [0.3, 0.4) is 0 Å². The zero-order valence-electron chi connectivity index (χ0n) is 11.6. The van der Waals surface area contributed by atoms with Gasteiger partial charge in [0, 0.05) is 24.2 Å². The number of aryl methyl sites for hydroxylation is 1. The lowest BCUT2D eigenvalue weighted by atomic mass is 10.3. The number of halogens is 1. The molecule has 1 aromatic heterocycles. The molecular formula is C14H21BrN2O2. The molecule has 2 heterocycles. The molecule has 0 saturated carbocycles. The first-order chi connectivity index (χ1) is 9.20. The number of anilines is 1. The third-order valence-electron chi connectivity index (χ3n) is 3.26. The minimum Gasteiger partial charge on any atom is -0.379 e. The van der Waals surface area contributed by atoms with Crippen LogP contribution in [-0.2, 0) is 9.47 Å². The molecule has 0 unspecified atom stereocenters. The van der Waals surface area contributed by atoms with Gasteiger partial charge in [-0.25, -0.2) is 4.98 Å². The minimum absolute atomic E-state index is 0.297. The van der Waals surface area contributed by atoms with Crippen LogP contribution in [0.25, 0.3) is 0 Å². The summed E-state index contributed by atoms with van der Waals surface area (Å²) in [6.45, 7) is 8.05. The molecule has 1 aliphatic rings. The summed E-state index contributed by atoms with van der Waals surface area (Å²) in [5.41, 5.74) is 1.03. The molecule has 0 bridgehead atoms. The second kappa shape index (κ2) is 7.22. The molecule has 0 aromatic carbocycles. The molecule has 5 heteroatoms. The summed E-state index contributed by atoms with van der Waals surface area (Å²) in [5.74, 6) is 1.04. The van der Waals surface area contributed by atoms with Crippen LogP contribution in [0.1, 0.15) is 19.0 Å². The van der Waals surface area contributed by atoms with E-state index in [4.69, 9.17) is 9.47 Å². The Hall–Kier alpha value is -0.650. The van der Waals surface area contributed by atoms with Crippen molar-refractivity contribution in [1.29, 1.82) is 0 Å². The zero-order valence-corrected chi connectivity index (χ0v) is 13.1. The van der Waals surface area contributed by atoms with E-state index in [1.54, 1.807) is 0 Å². The van der Waals surface area contributed by atoms with E-state index in [-0.39, 0.29) is 0 Å².